The zero-order chi connectivity index (χ0) is 13.8. The topological polar surface area (TPSA) is 86.7 Å². The van der Waals surface area contributed by atoms with Crippen LogP contribution >= 0.6 is 0 Å². The van der Waals surface area contributed by atoms with E-state index in [0.29, 0.717) is 5.56 Å². The van der Waals surface area contributed by atoms with E-state index in [1.54, 1.807) is 12.1 Å². The molecule has 0 aromatic heterocycles. The number of imide groups is 1. The number of phenolic OH excluding ortho intramolecular Hbond substituents is 1. The van der Waals surface area contributed by atoms with Crippen molar-refractivity contribution in [3.8, 4) is 5.75 Å². The molecule has 0 fully saturated rings. The van der Waals surface area contributed by atoms with Gasteiger partial charge < -0.3 is 10.4 Å². The van der Waals surface area contributed by atoms with E-state index in [1.807, 2.05) is 0 Å². The SMILES string of the molecule is O=C(NCCN1C(=O)C=CC1=O)c1cccc(O)c1. The number of benzene rings is 1. The van der Waals surface area contributed by atoms with Crippen molar-refractivity contribution >= 4 is 17.7 Å². The standard InChI is InChI=1S/C13H12N2O4/c16-10-3-1-2-9(8-10)13(19)14-6-7-15-11(17)4-5-12(15)18/h1-5,8,16H,6-7H2,(H,14,19). The molecule has 1 aromatic carbocycles. The van der Waals surface area contributed by atoms with E-state index in [4.69, 9.17) is 0 Å². The minimum Gasteiger partial charge on any atom is -0.508 e. The summed E-state index contributed by atoms with van der Waals surface area (Å²) < 4.78 is 0. The van der Waals surface area contributed by atoms with Gasteiger partial charge in [0.05, 0.1) is 0 Å². The van der Waals surface area contributed by atoms with Crippen LogP contribution in [0.25, 0.3) is 0 Å². The molecule has 6 heteroatoms. The van der Waals surface area contributed by atoms with Gasteiger partial charge in [-0.25, -0.2) is 0 Å². The van der Waals surface area contributed by atoms with Crippen molar-refractivity contribution < 1.29 is 19.5 Å². The van der Waals surface area contributed by atoms with Gasteiger partial charge in [-0.2, -0.15) is 0 Å². The third-order valence-corrected chi connectivity index (χ3v) is 2.63. The van der Waals surface area contributed by atoms with Crippen LogP contribution in [0.3, 0.4) is 0 Å². The fourth-order valence-electron chi connectivity index (χ4n) is 1.68. The van der Waals surface area contributed by atoms with Crippen LogP contribution in [0.15, 0.2) is 36.4 Å². The number of hydrogen-bond donors (Lipinski definition) is 2. The minimum absolute atomic E-state index is 0.00162. The molecule has 1 heterocycles. The van der Waals surface area contributed by atoms with Crippen LogP contribution in [-0.2, 0) is 9.59 Å². The molecule has 3 amide bonds. The molecule has 0 saturated heterocycles. The minimum atomic E-state index is -0.378. The molecule has 19 heavy (non-hydrogen) atoms. The number of carbonyl (C=O) groups excluding carboxylic acids is 3. The average molecular weight is 260 g/mol. The van der Waals surface area contributed by atoms with Crippen LogP contribution in [0.5, 0.6) is 5.75 Å². The number of nitrogens with one attached hydrogen (secondary N) is 1. The quantitative estimate of drug-likeness (QED) is 0.749. The highest BCUT2D eigenvalue weighted by molar-refractivity contribution is 6.12. The lowest BCUT2D eigenvalue weighted by molar-refractivity contribution is -0.136. The summed E-state index contributed by atoms with van der Waals surface area (Å²) in [6.45, 7) is 0.281. The van der Waals surface area contributed by atoms with E-state index in [2.05, 4.69) is 5.32 Å². The smallest absolute Gasteiger partial charge is 0.253 e. The van der Waals surface area contributed by atoms with Gasteiger partial charge in [0.2, 0.25) is 0 Å². The van der Waals surface area contributed by atoms with Gasteiger partial charge in [-0.1, -0.05) is 6.07 Å². The number of rotatable bonds is 4. The number of hydrogen-bond acceptors (Lipinski definition) is 4. The summed E-state index contributed by atoms with van der Waals surface area (Å²) in [5.41, 5.74) is 0.317. The second-order valence-electron chi connectivity index (χ2n) is 3.97. The molecule has 0 bridgehead atoms. The molecular formula is C13H12N2O4. The maximum atomic E-state index is 11.7. The van der Waals surface area contributed by atoms with Crippen molar-refractivity contribution in [3.63, 3.8) is 0 Å². The van der Waals surface area contributed by atoms with Gasteiger partial charge in [0, 0.05) is 30.8 Å². The maximum Gasteiger partial charge on any atom is 0.253 e. The Hall–Kier alpha value is -2.63. The molecule has 2 N–H and O–H groups in total. The molecule has 1 aromatic rings. The first-order chi connectivity index (χ1) is 9.08. The van der Waals surface area contributed by atoms with Crippen molar-refractivity contribution in [1.29, 1.82) is 0 Å². The van der Waals surface area contributed by atoms with E-state index < -0.39 is 0 Å². The Morgan fingerprint density at radius 3 is 2.53 bits per heavy atom. The lowest BCUT2D eigenvalue weighted by atomic mass is 10.2. The first-order valence-corrected chi connectivity index (χ1v) is 5.69. The predicted molar refractivity (Wildman–Crippen MR) is 66.3 cm³/mol. The van der Waals surface area contributed by atoms with Crippen LogP contribution in [0, 0.1) is 0 Å². The Labute approximate surface area is 109 Å². The molecule has 2 rings (SSSR count). The summed E-state index contributed by atoms with van der Waals surface area (Å²) in [4.78, 5) is 35.2. The second-order valence-corrected chi connectivity index (χ2v) is 3.97. The lowest BCUT2D eigenvalue weighted by Gasteiger charge is -2.14. The van der Waals surface area contributed by atoms with E-state index >= 15 is 0 Å². The van der Waals surface area contributed by atoms with Crippen molar-refractivity contribution in [2.45, 2.75) is 0 Å². The van der Waals surface area contributed by atoms with Gasteiger partial charge in [0.15, 0.2) is 0 Å². The number of phenols is 1. The molecule has 0 aliphatic carbocycles. The number of nitrogens with zero attached hydrogens (tertiary/aromatic N) is 1. The van der Waals surface area contributed by atoms with Crippen LogP contribution in [0.1, 0.15) is 10.4 Å². The van der Waals surface area contributed by atoms with Crippen LogP contribution < -0.4 is 5.32 Å². The Morgan fingerprint density at radius 2 is 1.89 bits per heavy atom. The van der Waals surface area contributed by atoms with Crippen LogP contribution in [0.2, 0.25) is 0 Å². The monoisotopic (exact) mass is 260 g/mol. The lowest BCUT2D eigenvalue weighted by Crippen LogP contribution is -2.38. The van der Waals surface area contributed by atoms with Crippen LogP contribution in [-0.4, -0.2) is 40.8 Å². The fraction of sp³-hybridized carbons (Fsp3) is 0.154. The van der Waals surface area contributed by atoms with Gasteiger partial charge in [-0.15, -0.1) is 0 Å². The summed E-state index contributed by atoms with van der Waals surface area (Å²) in [6, 6.07) is 5.91. The van der Waals surface area contributed by atoms with Gasteiger partial charge in [0.25, 0.3) is 17.7 Å². The van der Waals surface area contributed by atoms with E-state index in [-0.39, 0.29) is 36.6 Å². The van der Waals surface area contributed by atoms with Crippen molar-refractivity contribution in [3.05, 3.63) is 42.0 Å². The molecule has 0 radical (unpaired) electrons. The summed E-state index contributed by atoms with van der Waals surface area (Å²) in [5, 5.41) is 11.8. The Bertz CT molecular complexity index is 548. The van der Waals surface area contributed by atoms with E-state index in [9.17, 15) is 19.5 Å². The summed E-state index contributed by atoms with van der Waals surface area (Å²) in [6.07, 6.45) is 2.39. The first-order valence-electron chi connectivity index (χ1n) is 5.69. The average Bonchev–Trinajstić information content (AvgIpc) is 2.70. The second kappa shape index (κ2) is 5.34. The highest BCUT2D eigenvalue weighted by Crippen LogP contribution is 2.10. The highest BCUT2D eigenvalue weighted by atomic mass is 16.3. The summed E-state index contributed by atoms with van der Waals surface area (Å²) in [7, 11) is 0. The first kappa shape index (κ1) is 12.8. The molecule has 98 valence electrons. The molecule has 0 atom stereocenters. The predicted octanol–water partition coefficient (Wildman–Crippen LogP) is 0.0470. The molecule has 6 nitrogen and oxygen atoms in total. The maximum absolute atomic E-state index is 11.7. The normalized spacial score (nSPS) is 14.0. The Kier molecular flexibility index (Phi) is 3.61. The Balaban J connectivity index is 1.85. The number of aromatic hydroxyl groups is 1. The van der Waals surface area contributed by atoms with E-state index in [0.717, 1.165) is 4.90 Å². The van der Waals surface area contributed by atoms with Crippen molar-refractivity contribution in [2.24, 2.45) is 0 Å². The molecular weight excluding hydrogens is 248 g/mol. The fourth-order valence-corrected chi connectivity index (χ4v) is 1.68. The van der Waals surface area contributed by atoms with Crippen molar-refractivity contribution in [1.82, 2.24) is 10.2 Å². The van der Waals surface area contributed by atoms with Gasteiger partial charge in [0.1, 0.15) is 5.75 Å². The third kappa shape index (κ3) is 2.98. The molecule has 0 spiro atoms. The summed E-state index contributed by atoms with van der Waals surface area (Å²) >= 11 is 0. The van der Waals surface area contributed by atoms with E-state index in [1.165, 1.54) is 24.3 Å². The summed E-state index contributed by atoms with van der Waals surface area (Å²) in [5.74, 6) is -1.13. The largest absolute Gasteiger partial charge is 0.508 e. The van der Waals surface area contributed by atoms with Gasteiger partial charge >= 0.3 is 0 Å². The zero-order valence-corrected chi connectivity index (χ0v) is 10.00. The van der Waals surface area contributed by atoms with Crippen LogP contribution in [0.4, 0.5) is 0 Å². The molecule has 1 aliphatic rings. The zero-order valence-electron chi connectivity index (χ0n) is 10.00. The third-order valence-electron chi connectivity index (χ3n) is 2.63. The molecule has 0 saturated carbocycles. The number of amides is 3. The Morgan fingerprint density at radius 1 is 1.21 bits per heavy atom. The highest BCUT2D eigenvalue weighted by Gasteiger charge is 2.22. The molecule has 1 aliphatic heterocycles. The number of carbonyl (C=O) groups is 3. The van der Waals surface area contributed by atoms with Crippen molar-refractivity contribution in [2.75, 3.05) is 13.1 Å². The van der Waals surface area contributed by atoms with Gasteiger partial charge in [-0.3, -0.25) is 19.3 Å². The molecule has 0 unspecified atom stereocenters. The van der Waals surface area contributed by atoms with Gasteiger partial charge in [-0.05, 0) is 18.2 Å².